The minimum absolute atomic E-state index is 0.0516. The van der Waals surface area contributed by atoms with Gasteiger partial charge in [-0.05, 0) is 38.5 Å². The van der Waals surface area contributed by atoms with E-state index in [4.69, 9.17) is 10.8 Å². The van der Waals surface area contributed by atoms with Crippen molar-refractivity contribution in [3.8, 4) is 0 Å². The van der Waals surface area contributed by atoms with Crippen LogP contribution in [0.3, 0.4) is 0 Å². The molecule has 0 aromatic carbocycles. The summed E-state index contributed by atoms with van der Waals surface area (Å²) in [5.74, 6) is -0.916. The average Bonchev–Trinajstić information content (AvgIpc) is 2.45. The molecule has 0 spiro atoms. The molecule has 122 valence electrons. The van der Waals surface area contributed by atoms with Crippen LogP contribution in [0.15, 0.2) is 12.2 Å². The van der Waals surface area contributed by atoms with E-state index in [0.29, 0.717) is 25.8 Å². The highest BCUT2D eigenvalue weighted by molar-refractivity contribution is 5.75. The zero-order chi connectivity index (χ0) is 15.9. The number of nitrogens with two attached hydrogens (primary N) is 1. The van der Waals surface area contributed by atoms with Crippen LogP contribution in [-0.4, -0.2) is 29.6 Å². The molecule has 0 heterocycles. The molecule has 0 rings (SSSR count). The third-order valence-corrected chi connectivity index (χ3v) is 3.26. The maximum absolute atomic E-state index is 11.5. The molecular formula is C16H30N2O3. The first-order valence-corrected chi connectivity index (χ1v) is 7.98. The normalized spacial score (nSPS) is 12.5. The molecule has 0 radical (unpaired) electrons. The van der Waals surface area contributed by atoms with Gasteiger partial charge in [0.25, 0.3) is 0 Å². The number of carbonyl (C=O) groups is 2. The van der Waals surface area contributed by atoms with Gasteiger partial charge in [0.15, 0.2) is 0 Å². The number of rotatable bonds is 13. The Hall–Kier alpha value is -1.36. The van der Waals surface area contributed by atoms with Gasteiger partial charge in [-0.25, -0.2) is 0 Å². The van der Waals surface area contributed by atoms with Crippen molar-refractivity contribution in [3.05, 3.63) is 12.2 Å². The minimum Gasteiger partial charge on any atom is -0.480 e. The van der Waals surface area contributed by atoms with E-state index in [1.165, 1.54) is 19.3 Å². The van der Waals surface area contributed by atoms with Gasteiger partial charge in [-0.15, -0.1) is 0 Å². The molecule has 5 nitrogen and oxygen atoms in total. The molecule has 21 heavy (non-hydrogen) atoms. The van der Waals surface area contributed by atoms with E-state index in [-0.39, 0.29) is 5.91 Å². The van der Waals surface area contributed by atoms with Gasteiger partial charge in [0.2, 0.25) is 5.91 Å². The van der Waals surface area contributed by atoms with Gasteiger partial charge < -0.3 is 16.2 Å². The lowest BCUT2D eigenvalue weighted by Gasteiger charge is -2.06. The molecule has 0 saturated heterocycles. The fraction of sp³-hybridized carbons (Fsp3) is 0.750. The summed E-state index contributed by atoms with van der Waals surface area (Å²) >= 11 is 0. The van der Waals surface area contributed by atoms with Gasteiger partial charge in [0.05, 0.1) is 0 Å². The second-order valence-electron chi connectivity index (χ2n) is 5.30. The molecule has 0 aromatic rings. The van der Waals surface area contributed by atoms with E-state index < -0.39 is 12.0 Å². The number of carbonyl (C=O) groups excluding carboxylic acids is 1. The van der Waals surface area contributed by atoms with Crippen LogP contribution < -0.4 is 11.1 Å². The summed E-state index contributed by atoms with van der Waals surface area (Å²) in [5.41, 5.74) is 5.39. The van der Waals surface area contributed by atoms with Gasteiger partial charge in [0, 0.05) is 13.0 Å². The second kappa shape index (κ2) is 13.6. The Labute approximate surface area is 128 Å². The van der Waals surface area contributed by atoms with E-state index in [1.807, 2.05) is 0 Å². The summed E-state index contributed by atoms with van der Waals surface area (Å²) in [4.78, 5) is 22.0. The van der Waals surface area contributed by atoms with Crippen LogP contribution >= 0.6 is 0 Å². The largest absolute Gasteiger partial charge is 0.480 e. The monoisotopic (exact) mass is 298 g/mol. The maximum Gasteiger partial charge on any atom is 0.320 e. The smallest absolute Gasteiger partial charge is 0.320 e. The zero-order valence-corrected chi connectivity index (χ0v) is 13.1. The molecule has 0 saturated carbocycles. The van der Waals surface area contributed by atoms with Crippen LogP contribution in [0.5, 0.6) is 0 Å². The van der Waals surface area contributed by atoms with Crippen LogP contribution in [0.25, 0.3) is 0 Å². The van der Waals surface area contributed by atoms with Crippen molar-refractivity contribution in [2.75, 3.05) is 6.54 Å². The van der Waals surface area contributed by atoms with Crippen molar-refractivity contribution in [2.45, 2.75) is 70.8 Å². The number of hydrogen-bond acceptors (Lipinski definition) is 3. The number of carboxylic acids is 1. The molecule has 0 unspecified atom stereocenters. The van der Waals surface area contributed by atoms with Crippen LogP contribution in [0, 0.1) is 0 Å². The topological polar surface area (TPSA) is 92.4 Å². The summed E-state index contributed by atoms with van der Waals surface area (Å²) in [6, 6.07) is -0.793. The van der Waals surface area contributed by atoms with E-state index in [2.05, 4.69) is 24.4 Å². The summed E-state index contributed by atoms with van der Waals surface area (Å²) in [6.45, 7) is 2.77. The fourth-order valence-electron chi connectivity index (χ4n) is 1.89. The maximum atomic E-state index is 11.5. The van der Waals surface area contributed by atoms with Gasteiger partial charge in [0.1, 0.15) is 6.04 Å². The van der Waals surface area contributed by atoms with Crippen LogP contribution in [0.2, 0.25) is 0 Å². The average molecular weight is 298 g/mol. The van der Waals surface area contributed by atoms with Crippen molar-refractivity contribution in [1.29, 1.82) is 0 Å². The molecule has 0 fully saturated rings. The third kappa shape index (κ3) is 13.4. The van der Waals surface area contributed by atoms with Gasteiger partial charge in [-0.3, -0.25) is 9.59 Å². The Morgan fingerprint density at radius 2 is 1.86 bits per heavy atom. The number of aliphatic carboxylic acids is 1. The Kier molecular flexibility index (Phi) is 12.7. The van der Waals surface area contributed by atoms with Gasteiger partial charge in [-0.2, -0.15) is 0 Å². The van der Waals surface area contributed by atoms with Crippen molar-refractivity contribution in [1.82, 2.24) is 5.32 Å². The summed E-state index contributed by atoms with van der Waals surface area (Å²) in [6.07, 6.45) is 12.2. The lowest BCUT2D eigenvalue weighted by atomic mass is 10.1. The first kappa shape index (κ1) is 19.6. The first-order chi connectivity index (χ1) is 10.1. The molecule has 0 aromatic heterocycles. The first-order valence-electron chi connectivity index (χ1n) is 7.98. The molecule has 1 atom stereocenters. The van der Waals surface area contributed by atoms with Crippen LogP contribution in [-0.2, 0) is 9.59 Å². The highest BCUT2D eigenvalue weighted by Crippen LogP contribution is 2.01. The van der Waals surface area contributed by atoms with Crippen molar-refractivity contribution in [2.24, 2.45) is 5.73 Å². The lowest BCUT2D eigenvalue weighted by molar-refractivity contribution is -0.138. The Morgan fingerprint density at radius 3 is 2.52 bits per heavy atom. The number of nitrogens with one attached hydrogen (secondary N) is 1. The highest BCUT2D eigenvalue weighted by atomic mass is 16.4. The molecule has 1 amide bonds. The summed E-state index contributed by atoms with van der Waals surface area (Å²) in [5, 5.41) is 11.4. The van der Waals surface area contributed by atoms with E-state index in [9.17, 15) is 9.59 Å². The molecule has 0 aliphatic rings. The number of hydrogen-bond donors (Lipinski definition) is 3. The molecule has 5 heteroatoms. The molecule has 0 aliphatic carbocycles. The van der Waals surface area contributed by atoms with Gasteiger partial charge in [-0.1, -0.05) is 31.9 Å². The Balaban J connectivity index is 3.40. The van der Waals surface area contributed by atoms with E-state index >= 15 is 0 Å². The van der Waals surface area contributed by atoms with Crippen molar-refractivity contribution >= 4 is 11.9 Å². The Bertz CT molecular complexity index is 317. The van der Waals surface area contributed by atoms with Crippen LogP contribution in [0.4, 0.5) is 0 Å². The van der Waals surface area contributed by atoms with E-state index in [1.54, 1.807) is 0 Å². The number of unbranched alkanes of at least 4 members (excludes halogenated alkanes) is 4. The predicted molar refractivity (Wildman–Crippen MR) is 85.0 cm³/mol. The molecule has 0 aliphatic heterocycles. The molecule has 0 bridgehead atoms. The SMILES string of the molecule is CCCCC/C=C/CCC(=O)NCCCC[C@H](N)C(=O)O. The summed E-state index contributed by atoms with van der Waals surface area (Å²) in [7, 11) is 0. The van der Waals surface area contributed by atoms with Crippen molar-refractivity contribution in [3.63, 3.8) is 0 Å². The predicted octanol–water partition coefficient (Wildman–Crippen LogP) is 2.60. The Morgan fingerprint density at radius 1 is 1.14 bits per heavy atom. The number of carboxylic acid groups (broad SMARTS) is 1. The van der Waals surface area contributed by atoms with Gasteiger partial charge >= 0.3 is 5.97 Å². The van der Waals surface area contributed by atoms with Crippen LogP contribution in [0.1, 0.15) is 64.7 Å². The molecule has 4 N–H and O–H groups in total. The minimum atomic E-state index is -0.968. The highest BCUT2D eigenvalue weighted by Gasteiger charge is 2.09. The van der Waals surface area contributed by atoms with Crippen molar-refractivity contribution < 1.29 is 14.7 Å². The van der Waals surface area contributed by atoms with E-state index in [0.717, 1.165) is 19.3 Å². The lowest BCUT2D eigenvalue weighted by Crippen LogP contribution is -2.30. The number of amides is 1. The molecular weight excluding hydrogens is 268 g/mol. The standard InChI is InChI=1S/C16H30N2O3/c1-2-3-4-5-6-7-8-12-15(19)18-13-10-9-11-14(17)16(20)21/h6-7,14H,2-5,8-13,17H2,1H3,(H,18,19)(H,20,21)/b7-6+/t14-/m0/s1. The number of allylic oxidation sites excluding steroid dienone is 2. The zero-order valence-electron chi connectivity index (χ0n) is 13.1. The quantitative estimate of drug-likeness (QED) is 0.360. The fourth-order valence-corrected chi connectivity index (χ4v) is 1.89. The summed E-state index contributed by atoms with van der Waals surface area (Å²) < 4.78 is 0. The third-order valence-electron chi connectivity index (χ3n) is 3.26. The second-order valence-corrected chi connectivity index (χ2v) is 5.30.